The zero-order chi connectivity index (χ0) is 15.4. The molecule has 3 N–H and O–H groups in total. The van der Waals surface area contributed by atoms with E-state index in [4.69, 9.17) is 9.47 Å². The molecular formula is C16H19NO4. The van der Waals surface area contributed by atoms with Gasteiger partial charge in [-0.1, -0.05) is 0 Å². The molecule has 0 fully saturated rings. The number of anilines is 1. The van der Waals surface area contributed by atoms with Crippen LogP contribution in [0.25, 0.3) is 0 Å². The predicted octanol–water partition coefficient (Wildman–Crippen LogP) is 3.29. The second-order valence-electron chi connectivity index (χ2n) is 4.68. The van der Waals surface area contributed by atoms with Gasteiger partial charge in [-0.15, -0.1) is 0 Å². The lowest BCUT2D eigenvalue weighted by molar-refractivity contribution is 0.404. The highest BCUT2D eigenvalue weighted by Gasteiger charge is 2.14. The topological polar surface area (TPSA) is 71.0 Å². The van der Waals surface area contributed by atoms with Crippen LogP contribution < -0.4 is 14.8 Å². The van der Waals surface area contributed by atoms with E-state index in [1.54, 1.807) is 26.4 Å². The van der Waals surface area contributed by atoms with Crippen molar-refractivity contribution >= 4 is 5.69 Å². The second-order valence-corrected chi connectivity index (χ2v) is 4.68. The third-order valence-electron chi connectivity index (χ3n) is 3.26. The van der Waals surface area contributed by atoms with Crippen molar-refractivity contribution in [2.24, 2.45) is 0 Å². The molecule has 0 saturated heterocycles. The number of phenols is 2. The van der Waals surface area contributed by atoms with E-state index in [1.165, 1.54) is 18.2 Å². The molecule has 1 unspecified atom stereocenters. The van der Waals surface area contributed by atoms with Gasteiger partial charge < -0.3 is 25.0 Å². The Morgan fingerprint density at radius 3 is 2.43 bits per heavy atom. The number of methoxy groups -OCH3 is 2. The molecule has 0 aromatic heterocycles. The molecule has 0 aliphatic rings. The van der Waals surface area contributed by atoms with Gasteiger partial charge in [0.05, 0.1) is 25.9 Å². The van der Waals surface area contributed by atoms with Crippen LogP contribution in [0, 0.1) is 0 Å². The summed E-state index contributed by atoms with van der Waals surface area (Å²) in [7, 11) is 3.18. The van der Waals surface area contributed by atoms with Crippen LogP contribution in [0.3, 0.4) is 0 Å². The number of ether oxygens (including phenoxy) is 2. The first kappa shape index (κ1) is 14.8. The first-order valence-electron chi connectivity index (χ1n) is 6.55. The van der Waals surface area contributed by atoms with Crippen LogP contribution in [-0.4, -0.2) is 24.4 Å². The van der Waals surface area contributed by atoms with Gasteiger partial charge in [0, 0.05) is 11.6 Å². The Hall–Kier alpha value is -2.56. The number of aromatic hydroxyl groups is 2. The minimum atomic E-state index is -0.224. The van der Waals surface area contributed by atoms with Crippen LogP contribution in [0.15, 0.2) is 36.4 Å². The van der Waals surface area contributed by atoms with Gasteiger partial charge in [-0.3, -0.25) is 0 Å². The molecule has 112 valence electrons. The van der Waals surface area contributed by atoms with Crippen LogP contribution in [0.2, 0.25) is 0 Å². The molecule has 5 heteroatoms. The number of hydrogen-bond acceptors (Lipinski definition) is 5. The number of hydrogen-bond donors (Lipinski definition) is 3. The average molecular weight is 289 g/mol. The minimum absolute atomic E-state index is 0.106. The first-order valence-corrected chi connectivity index (χ1v) is 6.55. The van der Waals surface area contributed by atoms with E-state index in [9.17, 15) is 10.2 Å². The molecule has 2 aromatic rings. The normalized spacial score (nSPS) is 11.8. The third kappa shape index (κ3) is 3.31. The minimum Gasteiger partial charge on any atom is -0.508 e. The van der Waals surface area contributed by atoms with E-state index in [2.05, 4.69) is 5.32 Å². The van der Waals surface area contributed by atoms with Gasteiger partial charge in [0.15, 0.2) is 0 Å². The predicted molar refractivity (Wildman–Crippen MR) is 81.4 cm³/mol. The molecule has 0 spiro atoms. The van der Waals surface area contributed by atoms with E-state index in [0.29, 0.717) is 17.1 Å². The van der Waals surface area contributed by atoms with E-state index < -0.39 is 0 Å². The highest BCUT2D eigenvalue weighted by molar-refractivity contribution is 5.61. The lowest BCUT2D eigenvalue weighted by Crippen LogP contribution is -2.08. The summed E-state index contributed by atoms with van der Waals surface area (Å²) in [6.45, 7) is 1.88. The zero-order valence-electron chi connectivity index (χ0n) is 12.3. The van der Waals surface area contributed by atoms with Gasteiger partial charge in [0.25, 0.3) is 0 Å². The summed E-state index contributed by atoms with van der Waals surface area (Å²) >= 11 is 0. The lowest BCUT2D eigenvalue weighted by atomic mass is 10.1. The van der Waals surface area contributed by atoms with Crippen LogP contribution in [0.1, 0.15) is 18.5 Å². The Kier molecular flexibility index (Phi) is 4.42. The fraction of sp³-hybridized carbons (Fsp3) is 0.250. The van der Waals surface area contributed by atoms with E-state index >= 15 is 0 Å². The van der Waals surface area contributed by atoms with Crippen molar-refractivity contribution in [2.75, 3.05) is 19.5 Å². The largest absolute Gasteiger partial charge is 0.508 e. The summed E-state index contributed by atoms with van der Waals surface area (Å²) in [5, 5.41) is 22.7. The van der Waals surface area contributed by atoms with Crippen molar-refractivity contribution in [1.82, 2.24) is 0 Å². The smallest absolute Gasteiger partial charge is 0.142 e. The van der Waals surface area contributed by atoms with Crippen molar-refractivity contribution < 1.29 is 19.7 Å². The molecular weight excluding hydrogens is 270 g/mol. The molecule has 2 aromatic carbocycles. The van der Waals surface area contributed by atoms with E-state index in [1.807, 2.05) is 13.0 Å². The van der Waals surface area contributed by atoms with Crippen LogP contribution >= 0.6 is 0 Å². The maximum absolute atomic E-state index is 9.90. The monoisotopic (exact) mass is 289 g/mol. The van der Waals surface area contributed by atoms with E-state index in [0.717, 1.165) is 5.69 Å². The van der Waals surface area contributed by atoms with Crippen molar-refractivity contribution in [3.63, 3.8) is 0 Å². The highest BCUT2D eigenvalue weighted by atomic mass is 16.5. The number of benzene rings is 2. The van der Waals surface area contributed by atoms with Gasteiger partial charge in [-0.05, 0) is 37.3 Å². The first-order chi connectivity index (χ1) is 10.0. The van der Waals surface area contributed by atoms with Gasteiger partial charge in [-0.25, -0.2) is 0 Å². The maximum atomic E-state index is 9.90. The van der Waals surface area contributed by atoms with Gasteiger partial charge in [-0.2, -0.15) is 0 Å². The second kappa shape index (κ2) is 6.26. The van der Waals surface area contributed by atoms with Crippen molar-refractivity contribution in [3.05, 3.63) is 42.0 Å². The van der Waals surface area contributed by atoms with Crippen molar-refractivity contribution in [1.29, 1.82) is 0 Å². The average Bonchev–Trinajstić information content (AvgIpc) is 2.49. The van der Waals surface area contributed by atoms with Gasteiger partial charge in [0.2, 0.25) is 0 Å². The summed E-state index contributed by atoms with van der Waals surface area (Å²) in [5.74, 6) is 1.59. The van der Waals surface area contributed by atoms with Crippen molar-refractivity contribution in [3.8, 4) is 23.0 Å². The molecule has 0 saturated carbocycles. The molecule has 0 heterocycles. The van der Waals surface area contributed by atoms with Gasteiger partial charge in [0.1, 0.15) is 23.0 Å². The van der Waals surface area contributed by atoms with Crippen molar-refractivity contribution in [2.45, 2.75) is 13.0 Å². The number of nitrogens with one attached hydrogen (secondary N) is 1. The van der Waals surface area contributed by atoms with Crippen LogP contribution in [-0.2, 0) is 0 Å². The number of rotatable bonds is 5. The number of phenolic OH excluding ortho intramolecular Hbond substituents is 2. The van der Waals surface area contributed by atoms with Gasteiger partial charge >= 0.3 is 0 Å². The molecule has 0 aliphatic carbocycles. The molecule has 21 heavy (non-hydrogen) atoms. The zero-order valence-corrected chi connectivity index (χ0v) is 12.3. The summed E-state index contributed by atoms with van der Waals surface area (Å²) in [4.78, 5) is 0. The molecule has 1 atom stereocenters. The Labute approximate surface area is 123 Å². The standard InChI is InChI=1S/C16H19NO4/c1-10(13-8-11(18)4-6-15(13)19)17-14-9-12(20-2)5-7-16(14)21-3/h4-10,17-19H,1-3H3. The third-order valence-corrected chi connectivity index (χ3v) is 3.26. The summed E-state index contributed by atoms with van der Waals surface area (Å²) in [6.07, 6.45) is 0. The molecule has 0 amide bonds. The maximum Gasteiger partial charge on any atom is 0.142 e. The fourth-order valence-corrected chi connectivity index (χ4v) is 2.13. The lowest BCUT2D eigenvalue weighted by Gasteiger charge is -2.19. The molecule has 5 nitrogen and oxygen atoms in total. The molecule has 0 radical (unpaired) electrons. The Morgan fingerprint density at radius 1 is 1.00 bits per heavy atom. The molecule has 0 bridgehead atoms. The quantitative estimate of drug-likeness (QED) is 0.737. The van der Waals surface area contributed by atoms with Crippen LogP contribution in [0.5, 0.6) is 23.0 Å². The van der Waals surface area contributed by atoms with E-state index in [-0.39, 0.29) is 17.5 Å². The molecule has 2 rings (SSSR count). The highest BCUT2D eigenvalue weighted by Crippen LogP contribution is 2.34. The summed E-state index contributed by atoms with van der Waals surface area (Å²) in [5.41, 5.74) is 1.34. The summed E-state index contributed by atoms with van der Waals surface area (Å²) < 4.78 is 10.5. The van der Waals surface area contributed by atoms with Crippen LogP contribution in [0.4, 0.5) is 5.69 Å². The SMILES string of the molecule is COc1ccc(OC)c(NC(C)c2cc(O)ccc2O)c1. The Morgan fingerprint density at radius 2 is 1.76 bits per heavy atom. The Bertz CT molecular complexity index is 628. The molecule has 0 aliphatic heterocycles. The Balaban J connectivity index is 2.30. The summed E-state index contributed by atoms with van der Waals surface area (Å²) in [6, 6.07) is 9.63. The fourth-order valence-electron chi connectivity index (χ4n) is 2.13.